The Morgan fingerprint density at radius 2 is 2.00 bits per heavy atom. The van der Waals surface area contributed by atoms with E-state index in [9.17, 15) is 9.90 Å². The van der Waals surface area contributed by atoms with Crippen molar-refractivity contribution in [1.82, 2.24) is 30.6 Å². The van der Waals surface area contributed by atoms with Crippen molar-refractivity contribution in [3.05, 3.63) is 75.8 Å². The van der Waals surface area contributed by atoms with Crippen molar-refractivity contribution in [1.29, 1.82) is 0 Å². The summed E-state index contributed by atoms with van der Waals surface area (Å²) in [7, 11) is 0. The summed E-state index contributed by atoms with van der Waals surface area (Å²) in [6, 6.07) is 13.0. The summed E-state index contributed by atoms with van der Waals surface area (Å²) in [5, 5.41) is 23.7. The van der Waals surface area contributed by atoms with E-state index >= 15 is 0 Å². The van der Waals surface area contributed by atoms with E-state index in [0.29, 0.717) is 46.5 Å². The molecule has 0 saturated heterocycles. The van der Waals surface area contributed by atoms with Crippen LogP contribution in [0.2, 0.25) is 5.02 Å². The van der Waals surface area contributed by atoms with Crippen molar-refractivity contribution in [2.24, 2.45) is 0 Å². The van der Waals surface area contributed by atoms with Gasteiger partial charge in [-0.2, -0.15) is 0 Å². The molecule has 10 heteroatoms. The highest BCUT2D eigenvalue weighted by molar-refractivity contribution is 6.34. The highest BCUT2D eigenvalue weighted by Crippen LogP contribution is 2.29. The molecule has 0 aliphatic carbocycles. The van der Waals surface area contributed by atoms with E-state index in [4.69, 9.17) is 16.3 Å². The maximum absolute atomic E-state index is 11.5. The number of aromatic carboxylic acids is 1. The molecule has 9 nitrogen and oxygen atoms in total. The lowest BCUT2D eigenvalue weighted by molar-refractivity contribution is 0.0690. The minimum atomic E-state index is -1.00. The molecule has 4 rings (SSSR count). The first-order chi connectivity index (χ1) is 15.5. The summed E-state index contributed by atoms with van der Waals surface area (Å²) in [4.78, 5) is 18.9. The number of nitrogens with zero attached hydrogens (tertiary/aromatic N) is 4. The summed E-state index contributed by atoms with van der Waals surface area (Å²) >= 11 is 6.49. The van der Waals surface area contributed by atoms with Gasteiger partial charge in [0.05, 0.1) is 10.7 Å². The van der Waals surface area contributed by atoms with Crippen molar-refractivity contribution >= 4 is 17.6 Å². The Morgan fingerprint density at radius 1 is 1.19 bits per heavy atom. The number of aromatic nitrogens is 6. The first-order valence-electron chi connectivity index (χ1n) is 10.1. The number of hydrogen-bond acceptors (Lipinski definition) is 6. The Balaban J connectivity index is 1.43. The number of aryl methyl sites for hydroxylation is 1. The van der Waals surface area contributed by atoms with Gasteiger partial charge in [-0.05, 0) is 40.6 Å². The number of H-pyrrole nitrogens is 2. The first-order valence-corrected chi connectivity index (χ1v) is 10.5. The van der Waals surface area contributed by atoms with Crippen molar-refractivity contribution in [2.45, 2.75) is 32.8 Å². The average Bonchev–Trinajstić information content (AvgIpc) is 3.45. The van der Waals surface area contributed by atoms with Crippen LogP contribution in [0.15, 0.2) is 42.5 Å². The molecule has 0 saturated carbocycles. The molecule has 32 heavy (non-hydrogen) atoms. The maximum Gasteiger partial charge on any atom is 0.354 e. The molecule has 0 radical (unpaired) electrons. The Labute approximate surface area is 188 Å². The van der Waals surface area contributed by atoms with E-state index in [0.717, 1.165) is 17.5 Å². The molecular weight excluding hydrogens is 432 g/mol. The van der Waals surface area contributed by atoms with Crippen LogP contribution in [0.1, 0.15) is 46.5 Å². The van der Waals surface area contributed by atoms with Crippen LogP contribution in [0.3, 0.4) is 0 Å². The quantitative estimate of drug-likeness (QED) is 0.349. The summed E-state index contributed by atoms with van der Waals surface area (Å²) < 4.78 is 5.89. The second-order valence-electron chi connectivity index (χ2n) is 7.20. The molecule has 2 aromatic heterocycles. The van der Waals surface area contributed by atoms with Gasteiger partial charge in [0.2, 0.25) is 0 Å². The number of benzene rings is 2. The molecule has 3 N–H and O–H groups in total. The van der Waals surface area contributed by atoms with E-state index in [2.05, 4.69) is 30.6 Å². The first kappa shape index (κ1) is 21.5. The lowest BCUT2D eigenvalue weighted by atomic mass is 10.1. The molecule has 0 aliphatic heterocycles. The Hall–Kier alpha value is -3.72. The predicted molar refractivity (Wildman–Crippen MR) is 118 cm³/mol. The average molecular weight is 453 g/mol. The summed E-state index contributed by atoms with van der Waals surface area (Å²) in [5.41, 5.74) is 3.11. The van der Waals surface area contributed by atoms with E-state index in [1.807, 2.05) is 49.4 Å². The van der Waals surface area contributed by atoms with E-state index in [1.54, 1.807) is 0 Å². The van der Waals surface area contributed by atoms with Gasteiger partial charge in [0, 0.05) is 24.0 Å². The highest BCUT2D eigenvalue weighted by Gasteiger charge is 2.16. The molecule has 0 amide bonds. The van der Waals surface area contributed by atoms with Gasteiger partial charge in [-0.25, -0.2) is 14.9 Å². The zero-order chi connectivity index (χ0) is 22.5. The molecule has 0 aliphatic rings. The van der Waals surface area contributed by atoms with Crippen LogP contribution in [0.5, 0.6) is 5.75 Å². The SMILES string of the molecule is CCCc1nc(Cc2ccc(OCc3cccc(-c4nnn[nH]4)c3Cl)cc2)c(C(=O)O)[nH]1. The predicted octanol–water partition coefficient (Wildman–Crippen LogP) is 4.06. The van der Waals surface area contributed by atoms with Crippen LogP contribution in [-0.4, -0.2) is 41.7 Å². The second kappa shape index (κ2) is 9.61. The van der Waals surface area contributed by atoms with Crippen LogP contribution in [-0.2, 0) is 19.4 Å². The van der Waals surface area contributed by atoms with Gasteiger partial charge in [0.15, 0.2) is 5.82 Å². The number of halogens is 1. The number of carboxylic acid groups (broad SMARTS) is 1. The zero-order valence-corrected chi connectivity index (χ0v) is 18.1. The van der Waals surface area contributed by atoms with Crippen LogP contribution in [0.25, 0.3) is 11.4 Å². The van der Waals surface area contributed by atoms with E-state index < -0.39 is 5.97 Å². The van der Waals surface area contributed by atoms with Crippen LogP contribution >= 0.6 is 11.6 Å². The fraction of sp³-hybridized carbons (Fsp3) is 0.227. The van der Waals surface area contributed by atoms with Gasteiger partial charge in [0.1, 0.15) is 23.9 Å². The minimum Gasteiger partial charge on any atom is -0.489 e. The smallest absolute Gasteiger partial charge is 0.354 e. The van der Waals surface area contributed by atoms with E-state index in [-0.39, 0.29) is 12.3 Å². The number of hydrogen-bond donors (Lipinski definition) is 3. The number of rotatable bonds is 9. The Kier molecular flexibility index (Phi) is 6.46. The maximum atomic E-state index is 11.5. The summed E-state index contributed by atoms with van der Waals surface area (Å²) in [6.45, 7) is 2.30. The normalized spacial score (nSPS) is 10.9. The van der Waals surface area contributed by atoms with Gasteiger partial charge >= 0.3 is 5.97 Å². The largest absolute Gasteiger partial charge is 0.489 e. The topological polar surface area (TPSA) is 130 Å². The molecule has 2 aromatic carbocycles. The van der Waals surface area contributed by atoms with Gasteiger partial charge in [-0.3, -0.25) is 0 Å². The van der Waals surface area contributed by atoms with Gasteiger partial charge in [-0.15, -0.1) is 5.10 Å². The monoisotopic (exact) mass is 452 g/mol. The van der Waals surface area contributed by atoms with Crippen molar-refractivity contribution in [3.63, 3.8) is 0 Å². The molecule has 0 spiro atoms. The van der Waals surface area contributed by atoms with Crippen LogP contribution in [0.4, 0.5) is 0 Å². The number of carbonyl (C=O) groups is 1. The Bertz CT molecular complexity index is 1210. The highest BCUT2D eigenvalue weighted by atomic mass is 35.5. The fourth-order valence-electron chi connectivity index (χ4n) is 3.33. The number of ether oxygens (including phenoxy) is 1. The number of aromatic amines is 2. The molecule has 4 aromatic rings. The molecular formula is C22H21ClN6O3. The molecule has 0 fully saturated rings. The van der Waals surface area contributed by atoms with Crippen molar-refractivity contribution in [3.8, 4) is 17.1 Å². The van der Waals surface area contributed by atoms with Crippen molar-refractivity contribution in [2.75, 3.05) is 0 Å². The van der Waals surface area contributed by atoms with Gasteiger partial charge in [-0.1, -0.05) is 42.8 Å². The third kappa shape index (κ3) is 4.78. The molecule has 164 valence electrons. The third-order valence-electron chi connectivity index (χ3n) is 4.90. The lowest BCUT2D eigenvalue weighted by Crippen LogP contribution is -2.03. The zero-order valence-electron chi connectivity index (χ0n) is 17.3. The van der Waals surface area contributed by atoms with Crippen LogP contribution < -0.4 is 4.74 Å². The standard InChI is InChI=1S/C22H21ClN6O3/c1-2-4-18-24-17(20(25-18)22(30)31)11-13-7-9-15(10-8-13)32-12-14-5-3-6-16(19(14)23)21-26-28-29-27-21/h3,5-10H,2,4,11-12H2,1H3,(H,24,25)(H,30,31)(H,26,27,28,29). The molecule has 0 atom stereocenters. The number of tetrazole rings is 1. The molecule has 2 heterocycles. The lowest BCUT2D eigenvalue weighted by Gasteiger charge is -2.10. The molecule has 0 unspecified atom stereocenters. The Morgan fingerprint density at radius 3 is 2.69 bits per heavy atom. The summed E-state index contributed by atoms with van der Waals surface area (Å²) in [5.74, 6) is 0.848. The van der Waals surface area contributed by atoms with Crippen molar-refractivity contribution < 1.29 is 14.6 Å². The third-order valence-corrected chi connectivity index (χ3v) is 5.34. The minimum absolute atomic E-state index is 0.144. The van der Waals surface area contributed by atoms with Gasteiger partial charge < -0.3 is 14.8 Å². The van der Waals surface area contributed by atoms with E-state index in [1.165, 1.54) is 0 Å². The molecule has 0 bridgehead atoms. The number of imidazole rings is 1. The number of carboxylic acids is 1. The van der Waals surface area contributed by atoms with Crippen LogP contribution in [0, 0.1) is 0 Å². The van der Waals surface area contributed by atoms with Gasteiger partial charge in [0.25, 0.3) is 0 Å². The number of nitrogens with one attached hydrogen (secondary N) is 2. The summed E-state index contributed by atoms with van der Waals surface area (Å²) in [6.07, 6.45) is 2.02. The fourth-order valence-corrected chi connectivity index (χ4v) is 3.60. The second-order valence-corrected chi connectivity index (χ2v) is 7.58.